The van der Waals surface area contributed by atoms with Gasteiger partial charge in [-0.25, -0.2) is 4.98 Å². The van der Waals surface area contributed by atoms with Crippen LogP contribution in [0.25, 0.3) is 22.5 Å². The van der Waals surface area contributed by atoms with Gasteiger partial charge in [0.2, 0.25) is 0 Å². The van der Waals surface area contributed by atoms with Gasteiger partial charge >= 0.3 is 0 Å². The van der Waals surface area contributed by atoms with Gasteiger partial charge in [-0.2, -0.15) is 0 Å². The van der Waals surface area contributed by atoms with E-state index in [9.17, 15) is 0 Å². The van der Waals surface area contributed by atoms with E-state index in [2.05, 4.69) is 34.2 Å². The highest BCUT2D eigenvalue weighted by Crippen LogP contribution is 2.28. The topological polar surface area (TPSA) is 48.9 Å². The van der Waals surface area contributed by atoms with E-state index in [1.807, 2.05) is 42.5 Å². The first-order valence-corrected chi connectivity index (χ1v) is 7.73. The minimum absolute atomic E-state index is 0.322. The lowest BCUT2D eigenvalue weighted by molar-refractivity contribution is 0.475. The van der Waals surface area contributed by atoms with Gasteiger partial charge in [0.05, 0.1) is 17.7 Å². The Labute approximate surface area is 141 Å². The number of hydrogen-bond donors (Lipinski definition) is 2. The van der Waals surface area contributed by atoms with Gasteiger partial charge in [-0.1, -0.05) is 78.9 Å². The molecule has 0 unspecified atom stereocenters. The number of H-pyrrole nitrogens is 1. The Kier molecular flexibility index (Phi) is 5.05. The zero-order valence-corrected chi connectivity index (χ0v) is 13.1. The first-order valence-electron chi connectivity index (χ1n) is 7.73. The largest absolute Gasteiger partial charge is 0.508 e. The van der Waals surface area contributed by atoms with Gasteiger partial charge in [0, 0.05) is 11.1 Å². The molecule has 0 radical (unpaired) electrons. The SMILES string of the molecule is Oc1ccccc1.c1ccc(-c2nc[nH]c2-c2ccccc2)cc1. The van der Waals surface area contributed by atoms with Crippen LogP contribution in [0.4, 0.5) is 0 Å². The molecule has 0 saturated heterocycles. The molecule has 0 spiro atoms. The number of benzene rings is 3. The lowest BCUT2D eigenvalue weighted by Crippen LogP contribution is -1.82. The Morgan fingerprint density at radius 1 is 0.625 bits per heavy atom. The van der Waals surface area contributed by atoms with Gasteiger partial charge in [0.1, 0.15) is 5.75 Å². The predicted octanol–water partition coefficient (Wildman–Crippen LogP) is 5.14. The normalized spacial score (nSPS) is 9.83. The quantitative estimate of drug-likeness (QED) is 0.538. The van der Waals surface area contributed by atoms with Crippen molar-refractivity contribution in [1.82, 2.24) is 9.97 Å². The fraction of sp³-hybridized carbons (Fsp3) is 0. The number of hydrogen-bond acceptors (Lipinski definition) is 2. The Morgan fingerprint density at radius 3 is 1.62 bits per heavy atom. The molecule has 3 nitrogen and oxygen atoms in total. The average molecular weight is 314 g/mol. The molecule has 1 aromatic heterocycles. The molecule has 0 amide bonds. The summed E-state index contributed by atoms with van der Waals surface area (Å²) in [6.45, 7) is 0. The molecule has 1 heterocycles. The smallest absolute Gasteiger partial charge is 0.115 e. The van der Waals surface area contributed by atoms with Gasteiger partial charge in [0.25, 0.3) is 0 Å². The van der Waals surface area contributed by atoms with Gasteiger partial charge in [-0.05, 0) is 12.1 Å². The maximum atomic E-state index is 8.63. The molecule has 3 heteroatoms. The molecule has 24 heavy (non-hydrogen) atoms. The summed E-state index contributed by atoms with van der Waals surface area (Å²) in [6, 6.07) is 29.2. The van der Waals surface area contributed by atoms with Crippen molar-refractivity contribution in [3.05, 3.63) is 97.3 Å². The fourth-order valence-corrected chi connectivity index (χ4v) is 2.36. The molecular formula is C21H18N2O. The van der Waals surface area contributed by atoms with Crippen LogP contribution in [0.5, 0.6) is 5.75 Å². The number of rotatable bonds is 2. The summed E-state index contributed by atoms with van der Waals surface area (Å²) >= 11 is 0. The van der Waals surface area contributed by atoms with Crippen molar-refractivity contribution in [2.75, 3.05) is 0 Å². The molecule has 118 valence electrons. The number of nitrogens with one attached hydrogen (secondary N) is 1. The number of aromatic hydroxyl groups is 1. The Hall–Kier alpha value is -3.33. The third-order valence-electron chi connectivity index (χ3n) is 3.51. The van der Waals surface area contributed by atoms with E-state index in [0.29, 0.717) is 5.75 Å². The summed E-state index contributed by atoms with van der Waals surface area (Å²) in [5, 5.41) is 8.63. The molecule has 0 aliphatic rings. The van der Waals surface area contributed by atoms with Gasteiger partial charge in [0.15, 0.2) is 0 Å². The van der Waals surface area contributed by atoms with Crippen molar-refractivity contribution in [2.24, 2.45) is 0 Å². The lowest BCUT2D eigenvalue weighted by atomic mass is 10.1. The monoisotopic (exact) mass is 314 g/mol. The highest BCUT2D eigenvalue weighted by atomic mass is 16.3. The Morgan fingerprint density at radius 2 is 1.12 bits per heavy atom. The molecule has 4 aromatic rings. The molecule has 0 atom stereocenters. The molecule has 0 saturated carbocycles. The second kappa shape index (κ2) is 7.79. The summed E-state index contributed by atoms with van der Waals surface area (Å²) in [6.07, 6.45) is 1.74. The van der Waals surface area contributed by atoms with Crippen molar-refractivity contribution in [2.45, 2.75) is 0 Å². The third-order valence-corrected chi connectivity index (χ3v) is 3.51. The average Bonchev–Trinajstić information content (AvgIpc) is 3.14. The third kappa shape index (κ3) is 3.90. The summed E-state index contributed by atoms with van der Waals surface area (Å²) in [5.74, 6) is 0.322. The molecule has 0 fully saturated rings. The Balaban J connectivity index is 0.000000203. The van der Waals surface area contributed by atoms with Crippen molar-refractivity contribution in [1.29, 1.82) is 0 Å². The van der Waals surface area contributed by atoms with Crippen LogP contribution in [0.1, 0.15) is 0 Å². The molecular weight excluding hydrogens is 296 g/mol. The summed E-state index contributed by atoms with van der Waals surface area (Å²) in [5.41, 5.74) is 4.35. The van der Waals surface area contributed by atoms with Crippen LogP contribution in [-0.4, -0.2) is 15.1 Å². The zero-order chi connectivity index (χ0) is 16.6. The molecule has 2 N–H and O–H groups in total. The van der Waals surface area contributed by atoms with E-state index in [-0.39, 0.29) is 0 Å². The number of nitrogens with zero attached hydrogens (tertiary/aromatic N) is 1. The van der Waals surface area contributed by atoms with E-state index in [1.165, 1.54) is 0 Å². The van der Waals surface area contributed by atoms with Crippen LogP contribution >= 0.6 is 0 Å². The van der Waals surface area contributed by atoms with Crippen LogP contribution in [0.2, 0.25) is 0 Å². The number of phenols is 1. The highest BCUT2D eigenvalue weighted by molar-refractivity contribution is 5.77. The van der Waals surface area contributed by atoms with Crippen molar-refractivity contribution in [3.8, 4) is 28.3 Å². The minimum Gasteiger partial charge on any atom is -0.508 e. The second-order valence-electron chi connectivity index (χ2n) is 5.19. The summed E-state index contributed by atoms with van der Waals surface area (Å²) in [4.78, 5) is 7.62. The van der Waals surface area contributed by atoms with Gasteiger partial charge in [-0.3, -0.25) is 0 Å². The van der Waals surface area contributed by atoms with Crippen LogP contribution in [0.15, 0.2) is 97.3 Å². The number of para-hydroxylation sites is 1. The van der Waals surface area contributed by atoms with Crippen molar-refractivity contribution < 1.29 is 5.11 Å². The van der Waals surface area contributed by atoms with Crippen LogP contribution in [0, 0.1) is 0 Å². The van der Waals surface area contributed by atoms with Crippen LogP contribution in [0.3, 0.4) is 0 Å². The van der Waals surface area contributed by atoms with Crippen molar-refractivity contribution >= 4 is 0 Å². The highest BCUT2D eigenvalue weighted by Gasteiger charge is 2.08. The van der Waals surface area contributed by atoms with E-state index < -0.39 is 0 Å². The van der Waals surface area contributed by atoms with Crippen LogP contribution in [-0.2, 0) is 0 Å². The maximum absolute atomic E-state index is 8.63. The fourth-order valence-electron chi connectivity index (χ4n) is 2.36. The number of aromatic amines is 1. The van der Waals surface area contributed by atoms with Crippen molar-refractivity contribution in [3.63, 3.8) is 0 Å². The molecule has 0 aliphatic carbocycles. The standard InChI is InChI=1S/C15H12N2.C6H6O/c1-3-7-12(8-4-1)14-15(17-11-16-14)13-9-5-2-6-10-13;7-6-4-2-1-3-5-6/h1-11H,(H,16,17);1-5,7H. The summed E-state index contributed by atoms with van der Waals surface area (Å²) in [7, 11) is 0. The second-order valence-corrected chi connectivity index (χ2v) is 5.19. The van der Waals surface area contributed by atoms with E-state index in [4.69, 9.17) is 5.11 Å². The first-order chi connectivity index (χ1) is 11.8. The first kappa shape index (κ1) is 15.6. The van der Waals surface area contributed by atoms with Crippen LogP contribution < -0.4 is 0 Å². The van der Waals surface area contributed by atoms with Gasteiger partial charge in [-0.15, -0.1) is 0 Å². The minimum atomic E-state index is 0.322. The number of imidazole rings is 1. The number of aromatic nitrogens is 2. The lowest BCUT2D eigenvalue weighted by Gasteiger charge is -2.02. The molecule has 0 bridgehead atoms. The molecule has 0 aliphatic heterocycles. The van der Waals surface area contributed by atoms with E-state index in [0.717, 1.165) is 22.5 Å². The van der Waals surface area contributed by atoms with Gasteiger partial charge < -0.3 is 10.1 Å². The van der Waals surface area contributed by atoms with E-state index in [1.54, 1.807) is 30.6 Å². The maximum Gasteiger partial charge on any atom is 0.115 e. The Bertz CT molecular complexity index is 802. The predicted molar refractivity (Wildman–Crippen MR) is 97.6 cm³/mol. The molecule has 3 aromatic carbocycles. The zero-order valence-electron chi connectivity index (χ0n) is 13.1. The van der Waals surface area contributed by atoms with E-state index >= 15 is 0 Å². The number of phenolic OH excluding ortho intramolecular Hbond substituents is 1. The summed E-state index contributed by atoms with van der Waals surface area (Å²) < 4.78 is 0. The molecule has 4 rings (SSSR count).